The number of hydrogen-bond donors (Lipinski definition) is 0. The molecule has 0 bridgehead atoms. The van der Waals surface area contributed by atoms with Crippen LogP contribution in [0.4, 0.5) is 0 Å². The van der Waals surface area contributed by atoms with Gasteiger partial charge in [-0.25, -0.2) is 0 Å². The molecular weight excluding hydrogens is 385 g/mol. The molecule has 2 heterocycles. The van der Waals surface area contributed by atoms with Gasteiger partial charge in [0.2, 0.25) is 0 Å². The van der Waals surface area contributed by atoms with E-state index < -0.39 is 0 Å². The SMILES string of the molecule is CSc1cc2ssc3c4ssc5cc(SC)cc(c(c1)c23)c54. The van der Waals surface area contributed by atoms with Crippen LogP contribution in [0.15, 0.2) is 34.1 Å². The molecule has 0 atom stereocenters. The van der Waals surface area contributed by atoms with E-state index in [9.17, 15) is 0 Å². The lowest BCUT2D eigenvalue weighted by Gasteiger charge is -2.08. The van der Waals surface area contributed by atoms with Crippen LogP contribution in [0.2, 0.25) is 0 Å². The van der Waals surface area contributed by atoms with Gasteiger partial charge in [-0.3, -0.25) is 0 Å². The highest BCUT2D eigenvalue weighted by atomic mass is 32.9. The van der Waals surface area contributed by atoms with E-state index in [0.29, 0.717) is 0 Å². The van der Waals surface area contributed by atoms with Crippen LogP contribution in [0.5, 0.6) is 0 Å². The second-order valence-electron chi connectivity index (χ2n) is 5.09. The van der Waals surface area contributed by atoms with E-state index in [2.05, 4.69) is 36.8 Å². The minimum Gasteiger partial charge on any atom is -0.130 e. The van der Waals surface area contributed by atoms with Gasteiger partial charge in [-0.2, -0.15) is 0 Å². The van der Waals surface area contributed by atoms with Gasteiger partial charge in [-0.1, -0.05) is 41.4 Å². The van der Waals surface area contributed by atoms with Gasteiger partial charge in [0, 0.05) is 30.0 Å². The average Bonchev–Trinajstić information content (AvgIpc) is 3.16. The van der Waals surface area contributed by atoms with Crippen molar-refractivity contribution in [3.8, 4) is 0 Å². The van der Waals surface area contributed by atoms with Gasteiger partial charge >= 0.3 is 0 Å². The van der Waals surface area contributed by atoms with Crippen LogP contribution >= 0.6 is 64.9 Å². The normalized spacial score (nSPS) is 12.5. The van der Waals surface area contributed by atoms with Gasteiger partial charge in [0.25, 0.3) is 0 Å². The summed E-state index contributed by atoms with van der Waals surface area (Å²) in [4.78, 5) is 2.74. The molecule has 0 fully saturated rings. The molecule has 0 aliphatic rings. The number of thioether (sulfide) groups is 2. The van der Waals surface area contributed by atoms with Crippen LogP contribution in [0.1, 0.15) is 0 Å². The van der Waals surface area contributed by atoms with Crippen molar-refractivity contribution in [2.75, 3.05) is 12.5 Å². The Morgan fingerprint density at radius 1 is 0.636 bits per heavy atom. The Morgan fingerprint density at radius 3 is 1.50 bits per heavy atom. The number of hydrogen-bond acceptors (Lipinski definition) is 6. The topological polar surface area (TPSA) is 0 Å². The minimum atomic E-state index is 1.37. The lowest BCUT2D eigenvalue weighted by atomic mass is 10.0. The van der Waals surface area contributed by atoms with Crippen molar-refractivity contribution in [3.05, 3.63) is 24.3 Å². The lowest BCUT2D eigenvalue weighted by Crippen LogP contribution is -1.81. The molecule has 0 spiro atoms. The summed E-state index contributed by atoms with van der Waals surface area (Å²) >= 11 is 3.68. The zero-order valence-corrected chi connectivity index (χ0v) is 16.7. The van der Waals surface area contributed by atoms with Gasteiger partial charge in [-0.15, -0.1) is 23.5 Å². The second-order valence-corrected chi connectivity index (χ2v) is 11.2. The third-order valence-electron chi connectivity index (χ3n) is 4.00. The first-order valence-electron chi connectivity index (χ1n) is 6.68. The van der Waals surface area contributed by atoms with Crippen molar-refractivity contribution in [2.45, 2.75) is 9.79 Å². The molecule has 5 aromatic rings. The van der Waals surface area contributed by atoms with Crippen molar-refractivity contribution in [3.63, 3.8) is 0 Å². The Kier molecular flexibility index (Phi) is 3.29. The predicted octanol–water partition coefficient (Wildman–Crippen LogP) is 7.99. The second kappa shape index (κ2) is 5.13. The van der Waals surface area contributed by atoms with Crippen molar-refractivity contribution in [1.82, 2.24) is 0 Å². The molecule has 5 rings (SSSR count). The predicted molar refractivity (Wildman–Crippen MR) is 112 cm³/mol. The molecule has 0 aliphatic heterocycles. The van der Waals surface area contributed by atoms with Crippen LogP contribution < -0.4 is 0 Å². The molecule has 0 radical (unpaired) electrons. The van der Waals surface area contributed by atoms with Crippen molar-refractivity contribution in [1.29, 1.82) is 0 Å². The molecule has 0 amide bonds. The first kappa shape index (κ1) is 14.1. The van der Waals surface area contributed by atoms with E-state index in [1.807, 2.05) is 64.9 Å². The molecule has 0 unspecified atom stereocenters. The molecule has 110 valence electrons. The van der Waals surface area contributed by atoms with E-state index in [1.54, 1.807) is 0 Å². The molecular formula is C16H10S6. The van der Waals surface area contributed by atoms with E-state index in [1.165, 1.54) is 50.1 Å². The maximum Gasteiger partial charge on any atom is 0.0657 e. The smallest absolute Gasteiger partial charge is 0.0657 e. The molecule has 0 N–H and O–H groups in total. The first-order chi connectivity index (χ1) is 10.8. The number of fused-ring (bicyclic) bond motifs is 2. The van der Waals surface area contributed by atoms with Crippen LogP contribution in [0, 0.1) is 0 Å². The molecule has 0 saturated carbocycles. The Balaban J connectivity index is 2.15. The standard InChI is InChI=1S/C16H10S6/c1-17-7-3-9-10-4-8(18-2)6-12-14(10)16(22-20-12)15-13(9)11(5-7)19-21-15/h3-6H,1-2H3. The Bertz CT molecular complexity index is 1060. The van der Waals surface area contributed by atoms with E-state index in [-0.39, 0.29) is 0 Å². The molecule has 2 aromatic heterocycles. The third kappa shape index (κ3) is 1.82. The zero-order chi connectivity index (χ0) is 14.8. The van der Waals surface area contributed by atoms with Crippen molar-refractivity contribution < 1.29 is 0 Å². The lowest BCUT2D eigenvalue weighted by molar-refractivity contribution is 1.54. The van der Waals surface area contributed by atoms with E-state index >= 15 is 0 Å². The number of benzene rings is 3. The monoisotopic (exact) mass is 394 g/mol. The Hall–Kier alpha value is -0.240. The summed E-state index contributed by atoms with van der Waals surface area (Å²) in [5, 5.41) is 5.84. The van der Waals surface area contributed by atoms with Crippen molar-refractivity contribution in [2.24, 2.45) is 0 Å². The first-order valence-corrected chi connectivity index (χ1v) is 13.4. The van der Waals surface area contributed by atoms with Gasteiger partial charge in [0.05, 0.1) is 9.40 Å². The summed E-state index contributed by atoms with van der Waals surface area (Å²) in [7, 11) is 7.74. The van der Waals surface area contributed by atoms with Crippen LogP contribution in [0.25, 0.3) is 40.3 Å². The summed E-state index contributed by atoms with van der Waals surface area (Å²) in [6.45, 7) is 0. The zero-order valence-electron chi connectivity index (χ0n) is 11.8. The van der Waals surface area contributed by atoms with Gasteiger partial charge in [0.1, 0.15) is 0 Å². The highest BCUT2D eigenvalue weighted by Crippen LogP contribution is 2.50. The highest BCUT2D eigenvalue weighted by molar-refractivity contribution is 7.99. The molecule has 3 aromatic carbocycles. The fourth-order valence-electron chi connectivity index (χ4n) is 3.00. The summed E-state index contributed by atoms with van der Waals surface area (Å²) in [6.07, 6.45) is 4.33. The fraction of sp³-hybridized carbons (Fsp3) is 0.125. The molecule has 0 nitrogen and oxygen atoms in total. The van der Waals surface area contributed by atoms with Gasteiger partial charge in [-0.05, 0) is 47.5 Å². The maximum atomic E-state index is 2.39. The highest BCUT2D eigenvalue weighted by Gasteiger charge is 2.18. The maximum absolute atomic E-state index is 2.39. The van der Waals surface area contributed by atoms with Crippen LogP contribution in [0.3, 0.4) is 0 Å². The fourth-order valence-corrected chi connectivity index (χ4v) is 9.86. The molecule has 22 heavy (non-hydrogen) atoms. The van der Waals surface area contributed by atoms with Crippen LogP contribution in [-0.2, 0) is 0 Å². The molecule has 0 saturated heterocycles. The minimum absolute atomic E-state index is 1.37. The summed E-state index contributed by atoms with van der Waals surface area (Å²) in [5.41, 5.74) is 0. The molecule has 0 aliphatic carbocycles. The number of rotatable bonds is 2. The summed E-state index contributed by atoms with van der Waals surface area (Å²) < 4.78 is 5.86. The summed E-state index contributed by atoms with van der Waals surface area (Å²) in [5.74, 6) is 0. The third-order valence-corrected chi connectivity index (χ3v) is 10.4. The van der Waals surface area contributed by atoms with Crippen LogP contribution in [-0.4, -0.2) is 12.5 Å². The average molecular weight is 395 g/mol. The Morgan fingerprint density at radius 2 is 1.09 bits per heavy atom. The van der Waals surface area contributed by atoms with E-state index in [0.717, 1.165) is 0 Å². The van der Waals surface area contributed by atoms with Crippen molar-refractivity contribution >= 4 is 105 Å². The largest absolute Gasteiger partial charge is 0.130 e. The quantitative estimate of drug-likeness (QED) is 0.169. The summed E-state index contributed by atoms with van der Waals surface area (Å²) in [6, 6.07) is 9.48. The van der Waals surface area contributed by atoms with Gasteiger partial charge < -0.3 is 0 Å². The van der Waals surface area contributed by atoms with E-state index in [4.69, 9.17) is 0 Å². The van der Waals surface area contributed by atoms with Gasteiger partial charge in [0.15, 0.2) is 0 Å². The molecule has 6 heteroatoms. The Labute approximate surface area is 150 Å².